The summed E-state index contributed by atoms with van der Waals surface area (Å²) in [5.74, 6) is -1.13. The molecule has 3 nitrogen and oxygen atoms in total. The van der Waals surface area contributed by atoms with Crippen LogP contribution in [0.1, 0.15) is 25.8 Å². The van der Waals surface area contributed by atoms with E-state index < -0.39 is 17.2 Å². The Morgan fingerprint density at radius 3 is 2.47 bits per heavy atom. The molecule has 1 saturated heterocycles. The zero-order valence-electron chi connectivity index (χ0n) is 11.3. The Kier molecular flexibility index (Phi) is 4.06. The number of halogens is 2. The van der Waals surface area contributed by atoms with E-state index in [0.29, 0.717) is 25.1 Å². The van der Waals surface area contributed by atoms with Gasteiger partial charge in [-0.25, -0.2) is 8.78 Å². The van der Waals surface area contributed by atoms with Crippen molar-refractivity contribution >= 4 is 5.69 Å². The highest BCUT2D eigenvalue weighted by molar-refractivity contribution is 5.52. The van der Waals surface area contributed by atoms with Crippen LogP contribution in [-0.2, 0) is 6.54 Å². The van der Waals surface area contributed by atoms with Crippen molar-refractivity contribution in [3.8, 4) is 0 Å². The minimum Gasteiger partial charge on any atom is -0.388 e. The third-order valence-electron chi connectivity index (χ3n) is 3.42. The SMILES string of the molecule is CCNCc1cc(F)c(N2CCC(C)(O)C2)c(F)c1. The van der Waals surface area contributed by atoms with E-state index in [1.165, 1.54) is 12.1 Å². The summed E-state index contributed by atoms with van der Waals surface area (Å²) in [6.45, 7) is 5.54. The predicted octanol–water partition coefficient (Wildman–Crippen LogP) is 2.04. The number of hydrogen-bond donors (Lipinski definition) is 2. The van der Waals surface area contributed by atoms with Gasteiger partial charge in [0.2, 0.25) is 0 Å². The van der Waals surface area contributed by atoms with Gasteiger partial charge in [-0.3, -0.25) is 0 Å². The second kappa shape index (κ2) is 5.43. The summed E-state index contributed by atoms with van der Waals surface area (Å²) >= 11 is 0. The van der Waals surface area contributed by atoms with Crippen LogP contribution in [0.3, 0.4) is 0 Å². The Bertz CT molecular complexity index is 440. The van der Waals surface area contributed by atoms with E-state index in [1.54, 1.807) is 11.8 Å². The minimum atomic E-state index is -0.874. The van der Waals surface area contributed by atoms with Gasteiger partial charge in [0.1, 0.15) is 17.3 Å². The first-order valence-corrected chi connectivity index (χ1v) is 6.59. The molecule has 1 atom stereocenters. The van der Waals surface area contributed by atoms with Crippen LogP contribution in [0.4, 0.5) is 14.5 Å². The molecule has 19 heavy (non-hydrogen) atoms. The lowest BCUT2D eigenvalue weighted by molar-refractivity contribution is 0.0839. The largest absolute Gasteiger partial charge is 0.388 e. The summed E-state index contributed by atoms with van der Waals surface area (Å²) in [6.07, 6.45) is 0.519. The Morgan fingerprint density at radius 1 is 1.37 bits per heavy atom. The topological polar surface area (TPSA) is 35.5 Å². The number of nitrogens with one attached hydrogen (secondary N) is 1. The third-order valence-corrected chi connectivity index (χ3v) is 3.42. The number of nitrogens with zero attached hydrogens (tertiary/aromatic N) is 1. The van der Waals surface area contributed by atoms with E-state index >= 15 is 0 Å². The standard InChI is InChI=1S/C14H20F2N2O/c1-3-17-8-10-6-11(15)13(12(16)7-10)18-5-4-14(2,19)9-18/h6-7,17,19H,3-5,8-9H2,1-2H3. The molecule has 1 aromatic rings. The second-order valence-corrected chi connectivity index (χ2v) is 5.36. The second-order valence-electron chi connectivity index (χ2n) is 5.36. The molecule has 0 spiro atoms. The summed E-state index contributed by atoms with van der Waals surface area (Å²) in [4.78, 5) is 1.57. The summed E-state index contributed by atoms with van der Waals surface area (Å²) in [5, 5.41) is 12.9. The van der Waals surface area contributed by atoms with Gasteiger partial charge in [0.25, 0.3) is 0 Å². The van der Waals surface area contributed by atoms with Crippen molar-refractivity contribution in [2.75, 3.05) is 24.5 Å². The van der Waals surface area contributed by atoms with Crippen molar-refractivity contribution < 1.29 is 13.9 Å². The quantitative estimate of drug-likeness (QED) is 0.879. The third kappa shape index (κ3) is 3.22. The van der Waals surface area contributed by atoms with Crippen molar-refractivity contribution in [3.05, 3.63) is 29.3 Å². The fourth-order valence-corrected chi connectivity index (χ4v) is 2.43. The molecule has 2 rings (SSSR count). The zero-order valence-corrected chi connectivity index (χ0v) is 11.3. The van der Waals surface area contributed by atoms with E-state index in [0.717, 1.165) is 6.54 Å². The molecule has 0 aliphatic carbocycles. The van der Waals surface area contributed by atoms with Crippen LogP contribution in [0.2, 0.25) is 0 Å². The highest BCUT2D eigenvalue weighted by atomic mass is 19.1. The van der Waals surface area contributed by atoms with Crippen molar-refractivity contribution in [2.45, 2.75) is 32.4 Å². The molecule has 1 fully saturated rings. The molecule has 1 aliphatic heterocycles. The normalized spacial score (nSPS) is 23.1. The van der Waals surface area contributed by atoms with Crippen LogP contribution in [0.15, 0.2) is 12.1 Å². The number of hydrogen-bond acceptors (Lipinski definition) is 3. The van der Waals surface area contributed by atoms with Crippen molar-refractivity contribution in [2.24, 2.45) is 0 Å². The summed E-state index contributed by atoms with van der Waals surface area (Å²) < 4.78 is 28.1. The van der Waals surface area contributed by atoms with E-state index in [2.05, 4.69) is 5.32 Å². The van der Waals surface area contributed by atoms with Crippen LogP contribution in [0, 0.1) is 11.6 Å². The fraction of sp³-hybridized carbons (Fsp3) is 0.571. The molecule has 106 valence electrons. The molecule has 0 amide bonds. The average molecular weight is 270 g/mol. The van der Waals surface area contributed by atoms with Gasteiger partial charge < -0.3 is 15.3 Å². The molecule has 1 aromatic carbocycles. The highest BCUT2D eigenvalue weighted by Crippen LogP contribution is 2.31. The maximum absolute atomic E-state index is 14.1. The van der Waals surface area contributed by atoms with Crippen molar-refractivity contribution in [1.29, 1.82) is 0 Å². The van der Waals surface area contributed by atoms with E-state index in [4.69, 9.17) is 0 Å². The minimum absolute atomic E-state index is 0.0296. The van der Waals surface area contributed by atoms with Crippen LogP contribution < -0.4 is 10.2 Å². The van der Waals surface area contributed by atoms with Crippen molar-refractivity contribution in [1.82, 2.24) is 5.32 Å². The Labute approximate surface area is 112 Å². The van der Waals surface area contributed by atoms with Crippen LogP contribution in [0.25, 0.3) is 0 Å². The van der Waals surface area contributed by atoms with Crippen LogP contribution in [0.5, 0.6) is 0 Å². The Morgan fingerprint density at radius 2 is 2.00 bits per heavy atom. The first-order chi connectivity index (χ1) is 8.93. The molecular weight excluding hydrogens is 250 g/mol. The highest BCUT2D eigenvalue weighted by Gasteiger charge is 2.33. The molecule has 0 aromatic heterocycles. The molecule has 1 aliphatic rings. The van der Waals surface area contributed by atoms with Gasteiger partial charge in [0.05, 0.1) is 5.60 Å². The number of β-amino-alcohol motifs (C(OH)–C–C–N with tert-alkyl or cyclic N) is 1. The lowest BCUT2D eigenvalue weighted by Crippen LogP contribution is -2.30. The van der Waals surface area contributed by atoms with Gasteiger partial charge in [-0.2, -0.15) is 0 Å². The maximum atomic E-state index is 14.1. The molecular formula is C14H20F2N2O. The first kappa shape index (κ1) is 14.2. The predicted molar refractivity (Wildman–Crippen MR) is 71.2 cm³/mol. The van der Waals surface area contributed by atoms with E-state index in [1.807, 2.05) is 6.92 Å². The van der Waals surface area contributed by atoms with Gasteiger partial charge in [-0.15, -0.1) is 0 Å². The monoisotopic (exact) mass is 270 g/mol. The Hall–Kier alpha value is -1.20. The molecule has 1 unspecified atom stereocenters. The molecule has 1 heterocycles. The van der Waals surface area contributed by atoms with Gasteiger partial charge >= 0.3 is 0 Å². The Balaban J connectivity index is 2.22. The summed E-state index contributed by atoms with van der Waals surface area (Å²) in [7, 11) is 0. The van der Waals surface area contributed by atoms with Gasteiger partial charge in [0.15, 0.2) is 0 Å². The lowest BCUT2D eigenvalue weighted by atomic mass is 10.1. The zero-order chi connectivity index (χ0) is 14.0. The number of rotatable bonds is 4. The van der Waals surface area contributed by atoms with Crippen LogP contribution in [-0.4, -0.2) is 30.3 Å². The molecule has 2 N–H and O–H groups in total. The maximum Gasteiger partial charge on any atom is 0.149 e. The number of benzene rings is 1. The first-order valence-electron chi connectivity index (χ1n) is 6.59. The van der Waals surface area contributed by atoms with Gasteiger partial charge in [-0.05, 0) is 37.6 Å². The number of aliphatic hydroxyl groups is 1. The van der Waals surface area contributed by atoms with E-state index in [9.17, 15) is 13.9 Å². The lowest BCUT2D eigenvalue weighted by Gasteiger charge is -2.22. The molecule has 0 bridgehead atoms. The van der Waals surface area contributed by atoms with Crippen LogP contribution >= 0.6 is 0 Å². The average Bonchev–Trinajstić information content (AvgIpc) is 2.66. The summed E-state index contributed by atoms with van der Waals surface area (Å²) in [5.41, 5.74) is -0.314. The van der Waals surface area contributed by atoms with Gasteiger partial charge in [-0.1, -0.05) is 6.92 Å². The summed E-state index contributed by atoms with van der Waals surface area (Å²) in [6, 6.07) is 2.71. The number of anilines is 1. The van der Waals surface area contributed by atoms with Gasteiger partial charge in [0, 0.05) is 19.6 Å². The molecule has 0 radical (unpaired) electrons. The molecule has 5 heteroatoms. The molecule has 0 saturated carbocycles. The van der Waals surface area contributed by atoms with E-state index in [-0.39, 0.29) is 12.2 Å². The van der Waals surface area contributed by atoms with Crippen molar-refractivity contribution in [3.63, 3.8) is 0 Å². The smallest absolute Gasteiger partial charge is 0.149 e. The fourth-order valence-electron chi connectivity index (χ4n) is 2.43.